The first-order valence-corrected chi connectivity index (χ1v) is 6.61. The number of benzene rings is 1. The fraction of sp³-hybridized carbons (Fsp3) is 0.467. The minimum Gasteiger partial charge on any atom is -0.151 e. The van der Waals surface area contributed by atoms with Gasteiger partial charge < -0.3 is 0 Å². The van der Waals surface area contributed by atoms with Crippen LogP contribution < -0.4 is 0 Å². The second-order valence-corrected chi connectivity index (χ2v) is 4.71. The van der Waals surface area contributed by atoms with Gasteiger partial charge in [0.25, 0.3) is 0 Å². The van der Waals surface area contributed by atoms with E-state index in [1.165, 1.54) is 47.9 Å². The lowest BCUT2D eigenvalue weighted by atomic mass is 9.97. The first-order valence-electron chi connectivity index (χ1n) is 6.10. The number of rotatable bonds is 5. The Kier molecular flexibility index (Phi) is 5.68. The predicted molar refractivity (Wildman–Crippen MR) is 77.2 cm³/mol. The summed E-state index contributed by atoms with van der Waals surface area (Å²) in [5.74, 6) is 0. The van der Waals surface area contributed by atoms with Gasteiger partial charge in [-0.05, 0) is 60.4 Å². The lowest BCUT2D eigenvalue weighted by molar-refractivity contribution is 0.717. The molecule has 0 nitrogen and oxygen atoms in total. The highest BCUT2D eigenvalue weighted by atomic mass is 32.1. The summed E-state index contributed by atoms with van der Waals surface area (Å²) in [6, 6.07) is 4.62. The molecule has 0 N–H and O–H groups in total. The molecular formula is C15H22S. The van der Waals surface area contributed by atoms with Crippen LogP contribution in [0.1, 0.15) is 48.4 Å². The smallest absolute Gasteiger partial charge is 0.0193 e. The molecule has 0 radical (unpaired) electrons. The van der Waals surface area contributed by atoms with Crippen molar-refractivity contribution in [3.8, 4) is 0 Å². The van der Waals surface area contributed by atoms with Gasteiger partial charge in [-0.25, -0.2) is 0 Å². The summed E-state index contributed by atoms with van der Waals surface area (Å²) in [6.45, 7) is 6.61. The van der Waals surface area contributed by atoms with Gasteiger partial charge in [-0.2, -0.15) is 12.6 Å². The zero-order chi connectivity index (χ0) is 12.0. The van der Waals surface area contributed by atoms with E-state index < -0.39 is 0 Å². The molecule has 0 amide bonds. The number of aryl methyl sites for hydroxylation is 3. The van der Waals surface area contributed by atoms with Crippen LogP contribution in [0.25, 0.3) is 6.08 Å². The van der Waals surface area contributed by atoms with Gasteiger partial charge in [-0.15, -0.1) is 0 Å². The molecule has 0 saturated carbocycles. The quantitative estimate of drug-likeness (QED) is 0.541. The monoisotopic (exact) mass is 234 g/mol. The van der Waals surface area contributed by atoms with Crippen molar-refractivity contribution in [1.82, 2.24) is 0 Å². The molecule has 1 aromatic carbocycles. The molecule has 0 saturated heterocycles. The molecular weight excluding hydrogens is 212 g/mol. The SMILES string of the molecule is CCCCCc1cc(C)c(/C=C/S)c(C)c1. The number of hydrogen-bond acceptors (Lipinski definition) is 1. The van der Waals surface area contributed by atoms with Gasteiger partial charge in [0.15, 0.2) is 0 Å². The fourth-order valence-electron chi connectivity index (χ4n) is 2.13. The molecule has 16 heavy (non-hydrogen) atoms. The molecule has 1 aromatic rings. The Balaban J connectivity index is 2.83. The third-order valence-corrected chi connectivity index (χ3v) is 3.11. The van der Waals surface area contributed by atoms with Gasteiger partial charge in [0.2, 0.25) is 0 Å². The molecule has 1 rings (SSSR count). The molecule has 0 unspecified atom stereocenters. The Morgan fingerprint density at radius 3 is 2.25 bits per heavy atom. The third kappa shape index (κ3) is 3.71. The lowest BCUT2D eigenvalue weighted by Crippen LogP contribution is -1.92. The van der Waals surface area contributed by atoms with Gasteiger partial charge in [-0.1, -0.05) is 31.9 Å². The predicted octanol–water partition coefficient (Wildman–Crippen LogP) is 4.94. The average molecular weight is 234 g/mol. The van der Waals surface area contributed by atoms with Crippen molar-refractivity contribution in [2.75, 3.05) is 0 Å². The minimum atomic E-state index is 1.21. The topological polar surface area (TPSA) is 0 Å². The van der Waals surface area contributed by atoms with E-state index in [2.05, 4.69) is 51.6 Å². The van der Waals surface area contributed by atoms with E-state index in [9.17, 15) is 0 Å². The van der Waals surface area contributed by atoms with Gasteiger partial charge in [0.1, 0.15) is 0 Å². The van der Waals surface area contributed by atoms with Crippen LogP contribution >= 0.6 is 12.6 Å². The van der Waals surface area contributed by atoms with Crippen LogP contribution in [-0.4, -0.2) is 0 Å². The van der Waals surface area contributed by atoms with Crippen molar-refractivity contribution in [1.29, 1.82) is 0 Å². The summed E-state index contributed by atoms with van der Waals surface area (Å²) < 4.78 is 0. The van der Waals surface area contributed by atoms with Crippen molar-refractivity contribution in [3.63, 3.8) is 0 Å². The Morgan fingerprint density at radius 2 is 1.75 bits per heavy atom. The van der Waals surface area contributed by atoms with Crippen molar-refractivity contribution in [2.45, 2.75) is 46.5 Å². The zero-order valence-electron chi connectivity index (χ0n) is 10.6. The molecule has 0 aliphatic carbocycles. The maximum absolute atomic E-state index is 4.14. The average Bonchev–Trinajstić information content (AvgIpc) is 2.24. The van der Waals surface area contributed by atoms with Crippen molar-refractivity contribution >= 4 is 18.7 Å². The highest BCUT2D eigenvalue weighted by Crippen LogP contribution is 2.20. The second-order valence-electron chi connectivity index (χ2n) is 4.42. The van der Waals surface area contributed by atoms with Crippen molar-refractivity contribution in [3.05, 3.63) is 39.8 Å². The van der Waals surface area contributed by atoms with E-state index in [1.54, 1.807) is 0 Å². The summed E-state index contributed by atoms with van der Waals surface area (Å²) in [5.41, 5.74) is 5.50. The molecule has 0 spiro atoms. The largest absolute Gasteiger partial charge is 0.151 e. The molecule has 0 bridgehead atoms. The van der Waals surface area contributed by atoms with Gasteiger partial charge in [-0.3, -0.25) is 0 Å². The number of hydrogen-bond donors (Lipinski definition) is 1. The van der Waals surface area contributed by atoms with E-state index in [4.69, 9.17) is 0 Å². The summed E-state index contributed by atoms with van der Waals surface area (Å²) in [4.78, 5) is 0. The van der Waals surface area contributed by atoms with Crippen LogP contribution in [0.5, 0.6) is 0 Å². The maximum atomic E-state index is 4.14. The standard InChI is InChI=1S/C15H22S/c1-4-5-6-7-14-10-12(2)15(8-9-16)13(3)11-14/h8-11,16H,4-7H2,1-3H3/b9-8+. The maximum Gasteiger partial charge on any atom is -0.0193 e. The summed E-state index contributed by atoms with van der Waals surface area (Å²) in [5, 5.41) is 1.81. The zero-order valence-corrected chi connectivity index (χ0v) is 11.5. The van der Waals surface area contributed by atoms with Crippen molar-refractivity contribution < 1.29 is 0 Å². The van der Waals surface area contributed by atoms with Crippen LogP contribution in [0.2, 0.25) is 0 Å². The normalized spacial score (nSPS) is 11.2. The van der Waals surface area contributed by atoms with Crippen LogP contribution in [0, 0.1) is 13.8 Å². The molecule has 1 heteroatoms. The van der Waals surface area contributed by atoms with Crippen LogP contribution in [0.15, 0.2) is 17.5 Å². The summed E-state index contributed by atoms with van der Waals surface area (Å²) in [7, 11) is 0. The highest BCUT2D eigenvalue weighted by Gasteiger charge is 2.02. The Bertz CT molecular complexity index is 341. The summed E-state index contributed by atoms with van der Waals surface area (Å²) >= 11 is 4.14. The van der Waals surface area contributed by atoms with E-state index >= 15 is 0 Å². The van der Waals surface area contributed by atoms with Crippen molar-refractivity contribution in [2.24, 2.45) is 0 Å². The van der Waals surface area contributed by atoms with E-state index in [-0.39, 0.29) is 0 Å². The van der Waals surface area contributed by atoms with Gasteiger partial charge in [0.05, 0.1) is 0 Å². The molecule has 0 heterocycles. The number of thiol groups is 1. The number of unbranched alkanes of at least 4 members (excludes halogenated alkanes) is 2. The molecule has 0 aliphatic heterocycles. The summed E-state index contributed by atoms with van der Waals surface area (Å²) in [6.07, 6.45) is 7.20. The molecule has 88 valence electrons. The minimum absolute atomic E-state index is 1.21. The molecule has 0 aliphatic rings. The Labute approximate surface area is 105 Å². The van der Waals surface area contributed by atoms with E-state index in [1.807, 2.05) is 5.41 Å². The Morgan fingerprint density at radius 1 is 1.12 bits per heavy atom. The van der Waals surface area contributed by atoms with Crippen LogP contribution in [0.4, 0.5) is 0 Å². The third-order valence-electron chi connectivity index (χ3n) is 2.96. The van der Waals surface area contributed by atoms with E-state index in [0.717, 1.165) is 0 Å². The van der Waals surface area contributed by atoms with Crippen LogP contribution in [-0.2, 0) is 6.42 Å². The van der Waals surface area contributed by atoms with Crippen LogP contribution in [0.3, 0.4) is 0 Å². The first kappa shape index (κ1) is 13.4. The molecule has 0 fully saturated rings. The van der Waals surface area contributed by atoms with Gasteiger partial charge >= 0.3 is 0 Å². The highest BCUT2D eigenvalue weighted by molar-refractivity contribution is 7.83. The molecule has 0 aromatic heterocycles. The van der Waals surface area contributed by atoms with E-state index in [0.29, 0.717) is 0 Å². The van der Waals surface area contributed by atoms with Gasteiger partial charge in [0, 0.05) is 0 Å². The second kappa shape index (κ2) is 6.80. The molecule has 0 atom stereocenters. The lowest BCUT2D eigenvalue weighted by Gasteiger charge is -2.09. The first-order chi connectivity index (χ1) is 7.69. The Hall–Kier alpha value is -0.690. The fourth-order valence-corrected chi connectivity index (χ4v) is 2.27.